The number of piperidine rings is 1. The number of aromatic amines is 2. The molecule has 1 saturated heterocycles. The molecule has 5 aromatic heterocycles. The molecule has 1 fully saturated rings. The molecule has 1 aliphatic heterocycles. The summed E-state index contributed by atoms with van der Waals surface area (Å²) in [6.07, 6.45) is 13.0. The topological polar surface area (TPSA) is 99.5 Å². The lowest BCUT2D eigenvalue weighted by Crippen LogP contribution is -2.29. The first-order chi connectivity index (χ1) is 17.8. The Labute approximate surface area is 207 Å². The number of H-pyrrole nitrogens is 2. The molecule has 2 N–H and O–H groups in total. The molecule has 0 bridgehead atoms. The maximum atomic E-state index is 5.28. The van der Waals surface area contributed by atoms with Crippen molar-refractivity contribution in [1.82, 2.24) is 35.0 Å². The van der Waals surface area contributed by atoms with Crippen LogP contribution in [0.4, 0.5) is 0 Å². The van der Waals surface area contributed by atoms with Crippen LogP contribution in [0.2, 0.25) is 0 Å². The van der Waals surface area contributed by atoms with Crippen LogP contribution in [0.15, 0.2) is 71.9 Å². The maximum Gasteiger partial charge on any atom is 0.178 e. The van der Waals surface area contributed by atoms with Gasteiger partial charge in [-0.25, -0.2) is 9.97 Å². The number of hydrogen-bond donors (Lipinski definition) is 2. The number of benzene rings is 1. The highest BCUT2D eigenvalue weighted by atomic mass is 16.3. The van der Waals surface area contributed by atoms with E-state index in [0.29, 0.717) is 11.5 Å². The predicted molar refractivity (Wildman–Crippen MR) is 139 cm³/mol. The van der Waals surface area contributed by atoms with Crippen LogP contribution in [0.1, 0.15) is 24.8 Å². The maximum absolute atomic E-state index is 5.28. The van der Waals surface area contributed by atoms with E-state index < -0.39 is 0 Å². The molecule has 0 spiro atoms. The van der Waals surface area contributed by atoms with Crippen LogP contribution < -0.4 is 0 Å². The third-order valence-corrected chi connectivity index (χ3v) is 6.99. The van der Waals surface area contributed by atoms with Crippen LogP contribution in [0.5, 0.6) is 0 Å². The first-order valence-corrected chi connectivity index (χ1v) is 12.3. The highest BCUT2D eigenvalue weighted by Gasteiger charge is 2.17. The number of nitrogens with one attached hydrogen (secondary N) is 2. The molecule has 8 nitrogen and oxygen atoms in total. The summed E-state index contributed by atoms with van der Waals surface area (Å²) in [5.41, 5.74) is 8.64. The van der Waals surface area contributed by atoms with Gasteiger partial charge in [0.1, 0.15) is 5.69 Å². The first kappa shape index (κ1) is 21.0. The number of nitrogens with zero attached hydrogens (tertiary/aromatic N) is 5. The summed E-state index contributed by atoms with van der Waals surface area (Å²) in [6.45, 7) is 3.29. The Morgan fingerprint density at radius 3 is 2.78 bits per heavy atom. The largest absolute Gasteiger partial charge is 0.472 e. The highest BCUT2D eigenvalue weighted by molar-refractivity contribution is 5.97. The van der Waals surface area contributed by atoms with Crippen LogP contribution in [0, 0.1) is 0 Å². The van der Waals surface area contributed by atoms with Crippen LogP contribution in [0.3, 0.4) is 0 Å². The van der Waals surface area contributed by atoms with Gasteiger partial charge in [-0.1, -0.05) is 12.5 Å². The molecule has 6 aromatic rings. The lowest BCUT2D eigenvalue weighted by molar-refractivity contribution is 0.220. The van der Waals surface area contributed by atoms with Crippen LogP contribution in [-0.4, -0.2) is 48.1 Å². The lowest BCUT2D eigenvalue weighted by Gasteiger charge is -2.26. The molecule has 36 heavy (non-hydrogen) atoms. The molecule has 1 aromatic carbocycles. The monoisotopic (exact) mass is 475 g/mol. The number of likely N-dealkylation sites (tertiary alicyclic amines) is 1. The van der Waals surface area contributed by atoms with Crippen molar-refractivity contribution < 1.29 is 4.42 Å². The van der Waals surface area contributed by atoms with E-state index in [4.69, 9.17) is 9.40 Å². The standard InChI is InChI=1S/C28H25N7O/c1-2-9-35(10-3-1)16-18-12-21(15-29-14-18)19-4-5-24-23(13-19)26(34-33-24)28-31-25-22(20-7-11-36-17-20)6-8-30-27(25)32-28/h4-8,11-15,17H,1-3,9-10,16H2,(H,33,34)(H,30,31,32). The third kappa shape index (κ3) is 3.76. The van der Waals surface area contributed by atoms with Gasteiger partial charge in [-0.2, -0.15) is 5.10 Å². The van der Waals surface area contributed by atoms with Gasteiger partial charge in [0.2, 0.25) is 0 Å². The van der Waals surface area contributed by atoms with Gasteiger partial charge < -0.3 is 9.40 Å². The molecule has 0 unspecified atom stereocenters. The van der Waals surface area contributed by atoms with E-state index >= 15 is 0 Å². The van der Waals surface area contributed by atoms with Gasteiger partial charge in [0.25, 0.3) is 0 Å². The summed E-state index contributed by atoms with van der Waals surface area (Å²) in [5, 5.41) is 8.74. The van der Waals surface area contributed by atoms with E-state index in [1.807, 2.05) is 24.5 Å². The lowest BCUT2D eigenvalue weighted by atomic mass is 10.0. The SMILES string of the molecule is c1cc(-c2ccoc2)c2[nH]c(-c3n[nH]c4ccc(-c5cncc(CN6CCCCC6)c5)cc34)nc2n1. The van der Waals surface area contributed by atoms with E-state index in [-0.39, 0.29) is 0 Å². The normalized spacial score (nSPS) is 14.7. The van der Waals surface area contributed by atoms with Crippen LogP contribution in [-0.2, 0) is 6.54 Å². The van der Waals surface area contributed by atoms with Crippen molar-refractivity contribution >= 4 is 22.1 Å². The van der Waals surface area contributed by atoms with Crippen molar-refractivity contribution in [3.63, 3.8) is 0 Å². The van der Waals surface area contributed by atoms with E-state index in [1.165, 1.54) is 37.9 Å². The van der Waals surface area contributed by atoms with E-state index in [2.05, 4.69) is 54.3 Å². The van der Waals surface area contributed by atoms with Crippen molar-refractivity contribution in [2.45, 2.75) is 25.8 Å². The molecule has 0 aliphatic carbocycles. The molecule has 178 valence electrons. The number of aromatic nitrogens is 6. The molecule has 0 radical (unpaired) electrons. The smallest absolute Gasteiger partial charge is 0.178 e. The number of imidazole rings is 1. The average Bonchev–Trinajstić information content (AvgIpc) is 3.68. The van der Waals surface area contributed by atoms with E-state index in [9.17, 15) is 0 Å². The summed E-state index contributed by atoms with van der Waals surface area (Å²) >= 11 is 0. The number of furan rings is 1. The first-order valence-electron chi connectivity index (χ1n) is 12.3. The number of fused-ring (bicyclic) bond motifs is 2. The van der Waals surface area contributed by atoms with Crippen molar-refractivity contribution in [1.29, 1.82) is 0 Å². The Morgan fingerprint density at radius 1 is 0.944 bits per heavy atom. The number of pyridine rings is 2. The molecule has 0 amide bonds. The molecular formula is C28H25N7O. The fraction of sp³-hybridized carbons (Fsp3) is 0.214. The minimum Gasteiger partial charge on any atom is -0.472 e. The molecule has 8 heteroatoms. The Kier molecular flexibility index (Phi) is 5.10. The van der Waals surface area contributed by atoms with Gasteiger partial charge in [-0.15, -0.1) is 0 Å². The van der Waals surface area contributed by atoms with Gasteiger partial charge in [-0.05, 0) is 67.4 Å². The number of rotatable bonds is 5. The van der Waals surface area contributed by atoms with Crippen molar-refractivity contribution in [2.75, 3.05) is 13.1 Å². The summed E-state index contributed by atoms with van der Waals surface area (Å²) in [6, 6.07) is 12.5. The third-order valence-electron chi connectivity index (χ3n) is 6.99. The highest BCUT2D eigenvalue weighted by Crippen LogP contribution is 2.32. The summed E-state index contributed by atoms with van der Waals surface area (Å²) in [5.74, 6) is 0.675. The zero-order valence-corrected chi connectivity index (χ0v) is 19.7. The van der Waals surface area contributed by atoms with Gasteiger partial charge in [0, 0.05) is 47.2 Å². The minimum absolute atomic E-state index is 0.644. The van der Waals surface area contributed by atoms with Crippen LogP contribution >= 0.6 is 0 Å². The molecule has 7 rings (SSSR count). The van der Waals surface area contributed by atoms with Crippen molar-refractivity contribution in [2.24, 2.45) is 0 Å². The Hall–Kier alpha value is -4.30. The quantitative estimate of drug-likeness (QED) is 0.326. The van der Waals surface area contributed by atoms with Gasteiger partial charge >= 0.3 is 0 Å². The van der Waals surface area contributed by atoms with E-state index in [0.717, 1.165) is 50.9 Å². The second-order valence-electron chi connectivity index (χ2n) is 9.41. The minimum atomic E-state index is 0.644. The number of hydrogen-bond acceptors (Lipinski definition) is 6. The van der Waals surface area contributed by atoms with Crippen molar-refractivity contribution in [3.8, 4) is 33.8 Å². The van der Waals surface area contributed by atoms with Crippen molar-refractivity contribution in [3.05, 3.63) is 73.1 Å². The Morgan fingerprint density at radius 2 is 1.89 bits per heavy atom. The predicted octanol–water partition coefficient (Wildman–Crippen LogP) is 5.81. The molecular weight excluding hydrogens is 450 g/mol. The fourth-order valence-corrected chi connectivity index (χ4v) is 5.16. The molecule has 1 aliphatic rings. The summed E-state index contributed by atoms with van der Waals surface area (Å²) in [7, 11) is 0. The zero-order chi connectivity index (χ0) is 23.9. The molecule has 6 heterocycles. The van der Waals surface area contributed by atoms with Gasteiger partial charge in [-0.3, -0.25) is 15.0 Å². The molecule has 0 atom stereocenters. The fourth-order valence-electron chi connectivity index (χ4n) is 5.16. The second-order valence-corrected chi connectivity index (χ2v) is 9.41. The van der Waals surface area contributed by atoms with Gasteiger partial charge in [0.15, 0.2) is 11.5 Å². The van der Waals surface area contributed by atoms with E-state index in [1.54, 1.807) is 18.7 Å². The van der Waals surface area contributed by atoms with Crippen LogP contribution in [0.25, 0.3) is 55.8 Å². The zero-order valence-electron chi connectivity index (χ0n) is 19.7. The second kappa shape index (κ2) is 8.73. The molecule has 0 saturated carbocycles. The summed E-state index contributed by atoms with van der Waals surface area (Å²) in [4.78, 5) is 19.7. The average molecular weight is 476 g/mol. The summed E-state index contributed by atoms with van der Waals surface area (Å²) < 4.78 is 5.28. The Bertz CT molecular complexity index is 1660. The Balaban J connectivity index is 1.26. The van der Waals surface area contributed by atoms with Gasteiger partial charge in [0.05, 0.1) is 23.6 Å².